The first-order valence-corrected chi connectivity index (χ1v) is 11.1. The lowest BCUT2D eigenvalue weighted by Crippen LogP contribution is -2.23. The van der Waals surface area contributed by atoms with E-state index in [1.165, 1.54) is 21.6 Å². The van der Waals surface area contributed by atoms with Gasteiger partial charge < -0.3 is 10.1 Å². The highest BCUT2D eigenvalue weighted by atomic mass is 32.1. The third kappa shape index (κ3) is 4.65. The van der Waals surface area contributed by atoms with Gasteiger partial charge in [-0.1, -0.05) is 35.9 Å². The molecule has 2 aromatic carbocycles. The molecule has 0 bridgehead atoms. The molecule has 0 atom stereocenters. The van der Waals surface area contributed by atoms with Crippen LogP contribution in [0.2, 0.25) is 0 Å². The molecule has 0 unspecified atom stereocenters. The summed E-state index contributed by atoms with van der Waals surface area (Å²) in [5.41, 5.74) is 3.24. The minimum Gasteiger partial charge on any atom is -0.486 e. The van der Waals surface area contributed by atoms with Crippen molar-refractivity contribution >= 4 is 22.9 Å². The number of carbonyl (C=O) groups excluding carboxylic acids is 1. The van der Waals surface area contributed by atoms with Crippen LogP contribution in [0.25, 0.3) is 5.69 Å². The summed E-state index contributed by atoms with van der Waals surface area (Å²) >= 11 is 1.44. The van der Waals surface area contributed by atoms with Crippen molar-refractivity contribution in [2.45, 2.75) is 26.9 Å². The Labute approximate surface area is 189 Å². The lowest BCUT2D eigenvalue weighted by Gasteiger charge is -2.07. The van der Waals surface area contributed by atoms with Gasteiger partial charge in [-0.15, -0.1) is 11.3 Å². The van der Waals surface area contributed by atoms with Gasteiger partial charge in [-0.2, -0.15) is 0 Å². The Bertz CT molecular complexity index is 1290. The molecule has 0 aliphatic carbocycles. The molecular formula is C24H24N4O3S. The highest BCUT2D eigenvalue weighted by Crippen LogP contribution is 2.18. The molecule has 2 aromatic heterocycles. The fourth-order valence-corrected chi connectivity index (χ4v) is 4.04. The molecule has 8 heteroatoms. The summed E-state index contributed by atoms with van der Waals surface area (Å²) in [4.78, 5) is 30.1. The van der Waals surface area contributed by atoms with E-state index >= 15 is 0 Å². The number of benzene rings is 2. The van der Waals surface area contributed by atoms with Gasteiger partial charge in [0.15, 0.2) is 0 Å². The number of ether oxygens (including phenoxy) is 1. The predicted molar refractivity (Wildman–Crippen MR) is 126 cm³/mol. The van der Waals surface area contributed by atoms with Crippen molar-refractivity contribution < 1.29 is 9.53 Å². The van der Waals surface area contributed by atoms with Gasteiger partial charge in [0, 0.05) is 12.4 Å². The Morgan fingerprint density at radius 3 is 2.53 bits per heavy atom. The maximum Gasteiger partial charge on any atom is 0.295 e. The number of aryl methyl sites for hydroxylation is 1. The molecule has 0 saturated carbocycles. The lowest BCUT2D eigenvalue weighted by molar-refractivity contribution is -0.115. The first kappa shape index (κ1) is 21.6. The fraction of sp³-hybridized carbons (Fsp3) is 0.208. The average molecular weight is 449 g/mol. The van der Waals surface area contributed by atoms with Gasteiger partial charge in [-0.05, 0) is 38.1 Å². The standard InChI is InChI=1S/C24H24N4O3S/c1-16-9-11-20(12-10-16)31-14-22-25-18(15-32-22)13-21(29)26-23-17(2)27(3)28(24(23)30)19-7-5-4-6-8-19/h4-12,15H,13-14H2,1-3H3,(H,26,29). The second-order valence-corrected chi connectivity index (χ2v) is 8.44. The highest BCUT2D eigenvalue weighted by molar-refractivity contribution is 7.09. The van der Waals surface area contributed by atoms with E-state index in [4.69, 9.17) is 4.74 Å². The summed E-state index contributed by atoms with van der Waals surface area (Å²) in [5, 5.41) is 5.40. The number of nitrogens with zero attached hydrogens (tertiary/aromatic N) is 3. The molecule has 4 aromatic rings. The van der Waals surface area contributed by atoms with Gasteiger partial charge >= 0.3 is 0 Å². The van der Waals surface area contributed by atoms with Crippen LogP contribution in [0.1, 0.15) is 22.0 Å². The number of anilines is 1. The maximum absolute atomic E-state index is 12.9. The molecule has 0 aliphatic heterocycles. The molecule has 7 nitrogen and oxygen atoms in total. The van der Waals surface area contributed by atoms with Gasteiger partial charge in [-0.3, -0.25) is 14.3 Å². The zero-order valence-corrected chi connectivity index (χ0v) is 19.0. The Morgan fingerprint density at radius 1 is 1.09 bits per heavy atom. The molecule has 0 fully saturated rings. The molecule has 164 valence electrons. The van der Waals surface area contributed by atoms with Crippen LogP contribution in [0.3, 0.4) is 0 Å². The van der Waals surface area contributed by atoms with E-state index in [1.807, 2.05) is 66.9 Å². The summed E-state index contributed by atoms with van der Waals surface area (Å²) in [6.07, 6.45) is 0.0835. The van der Waals surface area contributed by atoms with E-state index in [0.29, 0.717) is 18.0 Å². The molecule has 1 amide bonds. The molecule has 0 radical (unpaired) electrons. The average Bonchev–Trinajstić information content (AvgIpc) is 3.32. The summed E-state index contributed by atoms with van der Waals surface area (Å²) in [6, 6.07) is 17.1. The number of para-hydroxylation sites is 1. The zero-order valence-electron chi connectivity index (χ0n) is 18.2. The van der Waals surface area contributed by atoms with Gasteiger partial charge in [-0.25, -0.2) is 9.67 Å². The number of carbonyl (C=O) groups is 1. The van der Waals surface area contributed by atoms with E-state index in [-0.39, 0.29) is 23.6 Å². The third-order valence-electron chi connectivity index (χ3n) is 5.14. The van der Waals surface area contributed by atoms with Gasteiger partial charge in [0.25, 0.3) is 5.56 Å². The number of hydrogen-bond donors (Lipinski definition) is 1. The Hall–Kier alpha value is -3.65. The Kier molecular flexibility index (Phi) is 6.23. The number of thiazole rings is 1. The zero-order chi connectivity index (χ0) is 22.7. The highest BCUT2D eigenvalue weighted by Gasteiger charge is 2.18. The normalized spacial score (nSPS) is 10.8. The molecular weight excluding hydrogens is 424 g/mol. The van der Waals surface area contributed by atoms with Crippen molar-refractivity contribution in [3.63, 3.8) is 0 Å². The number of hydrogen-bond acceptors (Lipinski definition) is 5. The van der Waals surface area contributed by atoms with Crippen molar-refractivity contribution in [3.05, 3.63) is 92.3 Å². The molecule has 2 heterocycles. The smallest absolute Gasteiger partial charge is 0.295 e. The largest absolute Gasteiger partial charge is 0.486 e. The predicted octanol–water partition coefficient (Wildman–Crippen LogP) is 4.01. The van der Waals surface area contributed by atoms with Crippen molar-refractivity contribution in [2.24, 2.45) is 7.05 Å². The SMILES string of the molecule is Cc1ccc(OCc2nc(CC(=O)Nc3c(C)n(C)n(-c4ccccc4)c3=O)cs2)cc1. The first-order valence-electron chi connectivity index (χ1n) is 10.2. The molecule has 0 spiro atoms. The van der Waals surface area contributed by atoms with Gasteiger partial charge in [0.05, 0.1) is 23.5 Å². The van der Waals surface area contributed by atoms with E-state index < -0.39 is 0 Å². The minimum absolute atomic E-state index is 0.0835. The molecule has 32 heavy (non-hydrogen) atoms. The molecule has 0 saturated heterocycles. The fourth-order valence-electron chi connectivity index (χ4n) is 3.34. The van der Waals surface area contributed by atoms with Crippen molar-refractivity contribution in [2.75, 3.05) is 5.32 Å². The summed E-state index contributed by atoms with van der Waals surface area (Å²) in [7, 11) is 1.79. The van der Waals surface area contributed by atoms with Crippen LogP contribution in [0.15, 0.2) is 64.8 Å². The van der Waals surface area contributed by atoms with E-state index in [9.17, 15) is 9.59 Å². The molecule has 1 N–H and O–H groups in total. The van der Waals surface area contributed by atoms with Crippen molar-refractivity contribution in [1.82, 2.24) is 14.3 Å². The number of amides is 1. The van der Waals surface area contributed by atoms with E-state index in [2.05, 4.69) is 10.3 Å². The number of aromatic nitrogens is 3. The van der Waals surface area contributed by atoms with E-state index in [0.717, 1.165) is 16.4 Å². The Morgan fingerprint density at radius 2 is 1.81 bits per heavy atom. The maximum atomic E-state index is 12.9. The quantitative estimate of drug-likeness (QED) is 0.463. The summed E-state index contributed by atoms with van der Waals surface area (Å²) in [6.45, 7) is 4.17. The summed E-state index contributed by atoms with van der Waals surface area (Å²) < 4.78 is 9.02. The lowest BCUT2D eigenvalue weighted by atomic mass is 10.2. The van der Waals surface area contributed by atoms with Gasteiger partial charge in [0.2, 0.25) is 5.91 Å². The topological polar surface area (TPSA) is 78.2 Å². The van der Waals surface area contributed by atoms with Crippen LogP contribution in [0.5, 0.6) is 5.75 Å². The van der Waals surface area contributed by atoms with Crippen molar-refractivity contribution in [3.8, 4) is 11.4 Å². The van der Waals surface area contributed by atoms with Crippen LogP contribution < -0.4 is 15.6 Å². The monoisotopic (exact) mass is 448 g/mol. The summed E-state index contributed by atoms with van der Waals surface area (Å²) in [5.74, 6) is 0.492. The molecule has 0 aliphatic rings. The van der Waals surface area contributed by atoms with Crippen LogP contribution in [0.4, 0.5) is 5.69 Å². The van der Waals surface area contributed by atoms with Crippen LogP contribution >= 0.6 is 11.3 Å². The third-order valence-corrected chi connectivity index (χ3v) is 6.01. The first-order chi connectivity index (χ1) is 15.4. The van der Waals surface area contributed by atoms with Crippen LogP contribution in [0, 0.1) is 13.8 Å². The second kappa shape index (κ2) is 9.23. The van der Waals surface area contributed by atoms with Crippen LogP contribution in [-0.2, 0) is 24.9 Å². The number of rotatable bonds is 7. The second-order valence-electron chi connectivity index (χ2n) is 7.50. The van der Waals surface area contributed by atoms with E-state index in [1.54, 1.807) is 18.7 Å². The van der Waals surface area contributed by atoms with Crippen molar-refractivity contribution in [1.29, 1.82) is 0 Å². The Balaban J connectivity index is 1.41. The van der Waals surface area contributed by atoms with Gasteiger partial charge in [0.1, 0.15) is 23.1 Å². The molecule has 4 rings (SSSR count). The minimum atomic E-state index is -0.285. The van der Waals surface area contributed by atoms with Crippen LogP contribution in [-0.4, -0.2) is 20.3 Å². The number of nitrogens with one attached hydrogen (secondary N) is 1.